The molecule has 1 heterocycles. The number of hydrogen-bond donors (Lipinski definition) is 1. The molecule has 0 saturated carbocycles. The number of nitrogens with zero attached hydrogens (tertiary/aromatic N) is 2. The van der Waals surface area contributed by atoms with Gasteiger partial charge in [0.25, 0.3) is 0 Å². The maximum absolute atomic E-state index is 12.5. The Labute approximate surface area is 108 Å². The van der Waals surface area contributed by atoms with Gasteiger partial charge in [-0.2, -0.15) is 18.3 Å². The Bertz CT molecular complexity index is 556. The molecule has 0 fully saturated rings. The fourth-order valence-corrected chi connectivity index (χ4v) is 1.89. The first kappa shape index (κ1) is 13.6. The summed E-state index contributed by atoms with van der Waals surface area (Å²) >= 11 is 0. The van der Waals surface area contributed by atoms with E-state index in [4.69, 9.17) is 5.73 Å². The summed E-state index contributed by atoms with van der Waals surface area (Å²) in [5.41, 5.74) is 7.10. The Morgan fingerprint density at radius 3 is 2.37 bits per heavy atom. The van der Waals surface area contributed by atoms with Crippen LogP contribution in [0.3, 0.4) is 0 Å². The Morgan fingerprint density at radius 2 is 1.84 bits per heavy atom. The summed E-state index contributed by atoms with van der Waals surface area (Å²) in [4.78, 5) is 0. The number of aryl methyl sites for hydroxylation is 1. The first-order valence-corrected chi connectivity index (χ1v) is 5.83. The van der Waals surface area contributed by atoms with E-state index in [0.717, 1.165) is 23.4 Å². The highest BCUT2D eigenvalue weighted by Crippen LogP contribution is 2.31. The predicted octanol–water partition coefficient (Wildman–Crippen LogP) is 2.84. The SMILES string of the molecule is Cc1nn(CCN)cc1-c1ccc(C(F)(F)F)cc1. The summed E-state index contributed by atoms with van der Waals surface area (Å²) in [6, 6.07) is 5.07. The summed E-state index contributed by atoms with van der Waals surface area (Å²) in [6.45, 7) is 2.87. The minimum atomic E-state index is -4.31. The molecule has 1 aromatic carbocycles. The van der Waals surface area contributed by atoms with Crippen LogP contribution in [0.1, 0.15) is 11.3 Å². The zero-order chi connectivity index (χ0) is 14.0. The van der Waals surface area contributed by atoms with Crippen molar-refractivity contribution in [1.29, 1.82) is 0 Å². The summed E-state index contributed by atoms with van der Waals surface area (Å²) in [6.07, 6.45) is -2.51. The number of nitrogens with two attached hydrogens (primary N) is 1. The summed E-state index contributed by atoms with van der Waals surface area (Å²) < 4.78 is 39.1. The third-order valence-corrected chi connectivity index (χ3v) is 2.83. The van der Waals surface area contributed by atoms with Gasteiger partial charge in [-0.1, -0.05) is 12.1 Å². The first-order valence-electron chi connectivity index (χ1n) is 5.83. The number of rotatable bonds is 3. The molecule has 0 aliphatic carbocycles. The largest absolute Gasteiger partial charge is 0.416 e. The third kappa shape index (κ3) is 2.96. The molecule has 0 bridgehead atoms. The number of alkyl halides is 3. The van der Waals surface area contributed by atoms with Crippen molar-refractivity contribution in [3.05, 3.63) is 41.7 Å². The van der Waals surface area contributed by atoms with Crippen molar-refractivity contribution in [2.45, 2.75) is 19.6 Å². The van der Waals surface area contributed by atoms with Crippen LogP contribution in [0.4, 0.5) is 13.2 Å². The standard InChI is InChI=1S/C13H14F3N3/c1-9-12(8-19(18-9)7-6-17)10-2-4-11(5-3-10)13(14,15)16/h2-5,8H,6-7,17H2,1H3. The average Bonchev–Trinajstić information content (AvgIpc) is 2.70. The summed E-state index contributed by atoms with van der Waals surface area (Å²) in [5, 5.41) is 4.26. The van der Waals surface area contributed by atoms with Crippen molar-refractivity contribution in [3.8, 4) is 11.1 Å². The molecule has 2 aromatic rings. The van der Waals surface area contributed by atoms with Gasteiger partial charge in [0, 0.05) is 18.3 Å². The van der Waals surface area contributed by atoms with Gasteiger partial charge in [-0.25, -0.2) is 0 Å². The lowest BCUT2D eigenvalue weighted by molar-refractivity contribution is -0.137. The molecule has 2 rings (SSSR count). The van der Waals surface area contributed by atoms with Gasteiger partial charge in [0.15, 0.2) is 0 Å². The normalized spacial score (nSPS) is 11.8. The van der Waals surface area contributed by atoms with Gasteiger partial charge in [-0.3, -0.25) is 4.68 Å². The van der Waals surface area contributed by atoms with Crippen LogP contribution in [0.15, 0.2) is 30.5 Å². The zero-order valence-electron chi connectivity index (χ0n) is 10.4. The number of halogens is 3. The topological polar surface area (TPSA) is 43.8 Å². The summed E-state index contributed by atoms with van der Waals surface area (Å²) in [7, 11) is 0. The van der Waals surface area contributed by atoms with Gasteiger partial charge >= 0.3 is 6.18 Å². The molecule has 0 radical (unpaired) electrons. The molecule has 6 heteroatoms. The van der Waals surface area contributed by atoms with Crippen molar-refractivity contribution in [3.63, 3.8) is 0 Å². The van der Waals surface area contributed by atoms with E-state index in [1.54, 1.807) is 10.9 Å². The second-order valence-corrected chi connectivity index (χ2v) is 4.26. The van der Waals surface area contributed by atoms with E-state index in [1.807, 2.05) is 6.92 Å². The summed E-state index contributed by atoms with van der Waals surface area (Å²) in [5.74, 6) is 0. The van der Waals surface area contributed by atoms with Gasteiger partial charge in [-0.05, 0) is 24.6 Å². The Kier molecular flexibility index (Phi) is 3.61. The highest BCUT2D eigenvalue weighted by molar-refractivity contribution is 5.65. The Morgan fingerprint density at radius 1 is 1.21 bits per heavy atom. The van der Waals surface area contributed by atoms with Crippen LogP contribution in [-0.4, -0.2) is 16.3 Å². The van der Waals surface area contributed by atoms with Gasteiger partial charge in [0.2, 0.25) is 0 Å². The number of benzene rings is 1. The molecule has 0 spiro atoms. The highest BCUT2D eigenvalue weighted by Gasteiger charge is 2.30. The van der Waals surface area contributed by atoms with Crippen LogP contribution in [0.5, 0.6) is 0 Å². The van der Waals surface area contributed by atoms with Gasteiger partial charge < -0.3 is 5.73 Å². The van der Waals surface area contributed by atoms with E-state index in [0.29, 0.717) is 18.7 Å². The maximum atomic E-state index is 12.5. The van der Waals surface area contributed by atoms with Crippen LogP contribution in [0.2, 0.25) is 0 Å². The molecule has 102 valence electrons. The van der Waals surface area contributed by atoms with Gasteiger partial charge in [-0.15, -0.1) is 0 Å². The van der Waals surface area contributed by atoms with E-state index in [2.05, 4.69) is 5.10 Å². The van der Waals surface area contributed by atoms with Crippen molar-refractivity contribution < 1.29 is 13.2 Å². The lowest BCUT2D eigenvalue weighted by atomic mass is 10.0. The second-order valence-electron chi connectivity index (χ2n) is 4.26. The zero-order valence-corrected chi connectivity index (χ0v) is 10.4. The molecule has 0 unspecified atom stereocenters. The fraction of sp³-hybridized carbons (Fsp3) is 0.308. The minimum Gasteiger partial charge on any atom is -0.329 e. The van der Waals surface area contributed by atoms with Crippen molar-refractivity contribution in [2.75, 3.05) is 6.54 Å². The second kappa shape index (κ2) is 5.05. The molecule has 1 aromatic heterocycles. The molecule has 3 nitrogen and oxygen atoms in total. The molecule has 0 atom stereocenters. The highest BCUT2D eigenvalue weighted by atomic mass is 19.4. The van der Waals surface area contributed by atoms with Crippen LogP contribution < -0.4 is 5.73 Å². The molecule has 2 N–H and O–H groups in total. The lowest BCUT2D eigenvalue weighted by Gasteiger charge is -2.07. The average molecular weight is 269 g/mol. The Hall–Kier alpha value is -1.82. The Balaban J connectivity index is 2.32. The molecular weight excluding hydrogens is 255 g/mol. The first-order chi connectivity index (χ1) is 8.91. The molecule has 0 amide bonds. The molecule has 0 saturated heterocycles. The van der Waals surface area contributed by atoms with Crippen LogP contribution in [0, 0.1) is 6.92 Å². The van der Waals surface area contributed by atoms with Gasteiger partial charge in [0.05, 0.1) is 17.8 Å². The van der Waals surface area contributed by atoms with Crippen LogP contribution in [0.25, 0.3) is 11.1 Å². The quantitative estimate of drug-likeness (QED) is 0.931. The van der Waals surface area contributed by atoms with E-state index >= 15 is 0 Å². The van der Waals surface area contributed by atoms with Gasteiger partial charge in [0.1, 0.15) is 0 Å². The predicted molar refractivity (Wildman–Crippen MR) is 66.5 cm³/mol. The lowest BCUT2D eigenvalue weighted by Crippen LogP contribution is -2.10. The molecule has 19 heavy (non-hydrogen) atoms. The minimum absolute atomic E-state index is 0.466. The number of aromatic nitrogens is 2. The third-order valence-electron chi connectivity index (χ3n) is 2.83. The van der Waals surface area contributed by atoms with Crippen molar-refractivity contribution in [1.82, 2.24) is 9.78 Å². The van der Waals surface area contributed by atoms with Crippen molar-refractivity contribution >= 4 is 0 Å². The number of hydrogen-bond acceptors (Lipinski definition) is 2. The van der Waals surface area contributed by atoms with E-state index in [1.165, 1.54) is 12.1 Å². The fourth-order valence-electron chi connectivity index (χ4n) is 1.89. The van der Waals surface area contributed by atoms with E-state index in [-0.39, 0.29) is 0 Å². The van der Waals surface area contributed by atoms with Crippen LogP contribution >= 0.6 is 0 Å². The van der Waals surface area contributed by atoms with Crippen molar-refractivity contribution in [2.24, 2.45) is 5.73 Å². The molecule has 0 aliphatic heterocycles. The van der Waals surface area contributed by atoms with Crippen LogP contribution in [-0.2, 0) is 12.7 Å². The molecular formula is C13H14F3N3. The van der Waals surface area contributed by atoms with E-state index < -0.39 is 11.7 Å². The smallest absolute Gasteiger partial charge is 0.329 e. The monoisotopic (exact) mass is 269 g/mol. The van der Waals surface area contributed by atoms with E-state index in [9.17, 15) is 13.2 Å². The molecule has 0 aliphatic rings. The maximum Gasteiger partial charge on any atom is 0.416 e.